The van der Waals surface area contributed by atoms with E-state index in [1.165, 1.54) is 30.5 Å². The minimum Gasteiger partial charge on any atom is -0.348 e. The van der Waals surface area contributed by atoms with Gasteiger partial charge >= 0.3 is 0 Å². The molecule has 31 heavy (non-hydrogen) atoms. The minimum atomic E-state index is -3.79. The predicted molar refractivity (Wildman–Crippen MR) is 116 cm³/mol. The highest BCUT2D eigenvalue weighted by atomic mass is 32.2. The number of carbonyl (C=O) groups excluding carboxylic acids is 1. The summed E-state index contributed by atoms with van der Waals surface area (Å²) in [5.41, 5.74) is 1.89. The van der Waals surface area contributed by atoms with Crippen LogP contribution in [0.3, 0.4) is 0 Å². The Morgan fingerprint density at radius 2 is 1.81 bits per heavy atom. The van der Waals surface area contributed by atoms with Gasteiger partial charge in [-0.1, -0.05) is 30.3 Å². The Balaban J connectivity index is 1.59. The van der Waals surface area contributed by atoms with Gasteiger partial charge in [0.25, 0.3) is 15.9 Å². The first kappa shape index (κ1) is 20.5. The van der Waals surface area contributed by atoms with Gasteiger partial charge in [0.15, 0.2) is 0 Å². The van der Waals surface area contributed by atoms with E-state index in [-0.39, 0.29) is 28.9 Å². The second kappa shape index (κ2) is 8.19. The van der Waals surface area contributed by atoms with Crippen molar-refractivity contribution in [2.24, 2.45) is 7.05 Å². The number of aryl methyl sites for hydroxylation is 1. The molecule has 2 aromatic heterocycles. The number of rotatable bonds is 6. The number of aromatic nitrogens is 2. The molecule has 0 aliphatic heterocycles. The molecular formula is C22H19FN4O3S. The highest BCUT2D eigenvalue weighted by molar-refractivity contribution is 7.92. The fourth-order valence-corrected chi connectivity index (χ4v) is 4.25. The van der Waals surface area contributed by atoms with Gasteiger partial charge in [0.2, 0.25) is 0 Å². The molecule has 0 saturated heterocycles. The second-order valence-corrected chi connectivity index (χ2v) is 8.66. The molecule has 158 valence electrons. The van der Waals surface area contributed by atoms with Gasteiger partial charge in [-0.25, -0.2) is 17.8 Å². The van der Waals surface area contributed by atoms with Crippen LogP contribution < -0.4 is 10.0 Å². The van der Waals surface area contributed by atoms with Crippen LogP contribution in [0.2, 0.25) is 0 Å². The van der Waals surface area contributed by atoms with Crippen molar-refractivity contribution in [1.29, 1.82) is 0 Å². The first-order valence-electron chi connectivity index (χ1n) is 9.39. The third-order valence-corrected chi connectivity index (χ3v) is 6.13. The van der Waals surface area contributed by atoms with E-state index in [0.717, 1.165) is 5.56 Å². The van der Waals surface area contributed by atoms with Gasteiger partial charge in [-0.3, -0.25) is 9.52 Å². The lowest BCUT2D eigenvalue weighted by molar-refractivity contribution is 0.0952. The Labute approximate surface area is 178 Å². The maximum absolute atomic E-state index is 13.0. The smallest absolute Gasteiger partial charge is 0.261 e. The first-order chi connectivity index (χ1) is 14.8. The van der Waals surface area contributed by atoms with Gasteiger partial charge in [0.05, 0.1) is 22.3 Å². The molecule has 4 aromatic rings. The zero-order valence-electron chi connectivity index (χ0n) is 16.5. The molecule has 1 amide bonds. The number of carbonyl (C=O) groups is 1. The molecule has 0 spiro atoms. The fourth-order valence-electron chi connectivity index (χ4n) is 3.19. The minimum absolute atomic E-state index is 0.125. The maximum Gasteiger partial charge on any atom is 0.261 e. The van der Waals surface area contributed by atoms with Gasteiger partial charge in [0.1, 0.15) is 11.5 Å². The van der Waals surface area contributed by atoms with Crippen LogP contribution in [0.1, 0.15) is 15.9 Å². The Hall–Kier alpha value is -3.72. The number of nitrogens with one attached hydrogen (secondary N) is 2. The molecule has 0 fully saturated rings. The van der Waals surface area contributed by atoms with E-state index in [9.17, 15) is 17.6 Å². The van der Waals surface area contributed by atoms with Crippen LogP contribution >= 0.6 is 0 Å². The van der Waals surface area contributed by atoms with Crippen LogP contribution in [-0.4, -0.2) is 23.9 Å². The molecule has 0 bridgehead atoms. The molecule has 2 N–H and O–H groups in total. The summed E-state index contributed by atoms with van der Waals surface area (Å²) >= 11 is 0. The second-order valence-electron chi connectivity index (χ2n) is 6.98. The van der Waals surface area contributed by atoms with E-state index in [2.05, 4.69) is 15.0 Å². The lowest BCUT2D eigenvalue weighted by atomic mass is 10.2. The van der Waals surface area contributed by atoms with Crippen molar-refractivity contribution in [2.75, 3.05) is 4.72 Å². The van der Waals surface area contributed by atoms with E-state index >= 15 is 0 Å². The highest BCUT2D eigenvalue weighted by Gasteiger charge is 2.18. The average molecular weight is 438 g/mol. The normalized spacial score (nSPS) is 11.4. The summed E-state index contributed by atoms with van der Waals surface area (Å²) in [5, 5.41) is 3.30. The van der Waals surface area contributed by atoms with E-state index in [1.807, 2.05) is 0 Å². The Kier molecular flexibility index (Phi) is 5.43. The summed E-state index contributed by atoms with van der Waals surface area (Å²) in [6, 6.07) is 15.4. The van der Waals surface area contributed by atoms with E-state index < -0.39 is 10.0 Å². The third-order valence-electron chi connectivity index (χ3n) is 4.73. The molecule has 9 heteroatoms. The molecular weight excluding hydrogens is 419 g/mol. The van der Waals surface area contributed by atoms with Crippen molar-refractivity contribution in [3.8, 4) is 0 Å². The maximum atomic E-state index is 13.0. The molecule has 2 heterocycles. The van der Waals surface area contributed by atoms with Crippen molar-refractivity contribution < 1.29 is 17.6 Å². The van der Waals surface area contributed by atoms with E-state index in [0.29, 0.717) is 16.6 Å². The van der Waals surface area contributed by atoms with E-state index in [1.54, 1.807) is 54.2 Å². The number of hydrogen-bond donors (Lipinski definition) is 2. The number of benzene rings is 2. The van der Waals surface area contributed by atoms with Crippen molar-refractivity contribution in [2.45, 2.75) is 11.4 Å². The largest absolute Gasteiger partial charge is 0.348 e. The Bertz CT molecular complexity index is 1350. The summed E-state index contributed by atoms with van der Waals surface area (Å²) in [4.78, 5) is 17.2. The van der Waals surface area contributed by atoms with Crippen LogP contribution in [-0.2, 0) is 23.6 Å². The summed E-state index contributed by atoms with van der Waals surface area (Å²) < 4.78 is 42.4. The standard InChI is InChI=1S/C22H19FN4O3S/c1-27-14-20(22(28)25-12-15-7-9-16(23)10-8-15)19-11-17(13-24-21(19)27)26-31(29,30)18-5-3-2-4-6-18/h2-11,13-14,26H,12H2,1H3,(H,25,28). The fraction of sp³-hybridized carbons (Fsp3) is 0.0909. The van der Waals surface area contributed by atoms with Crippen molar-refractivity contribution in [3.63, 3.8) is 0 Å². The number of hydrogen-bond acceptors (Lipinski definition) is 4. The number of halogens is 1. The van der Waals surface area contributed by atoms with E-state index in [4.69, 9.17) is 0 Å². The SMILES string of the molecule is Cn1cc(C(=O)NCc2ccc(F)cc2)c2cc(NS(=O)(=O)c3ccccc3)cnc21. The molecule has 0 atom stereocenters. The topological polar surface area (TPSA) is 93.1 Å². The molecule has 0 aliphatic carbocycles. The van der Waals surface area contributed by atoms with Gasteiger partial charge in [-0.2, -0.15) is 0 Å². The number of sulfonamides is 1. The van der Waals surface area contributed by atoms with Gasteiger partial charge in [-0.05, 0) is 35.9 Å². The number of fused-ring (bicyclic) bond motifs is 1. The monoisotopic (exact) mass is 438 g/mol. The Morgan fingerprint density at radius 1 is 1.10 bits per heavy atom. The molecule has 2 aromatic carbocycles. The number of pyridine rings is 1. The average Bonchev–Trinajstić information content (AvgIpc) is 3.09. The van der Waals surface area contributed by atoms with Crippen molar-refractivity contribution in [1.82, 2.24) is 14.9 Å². The molecule has 7 nitrogen and oxygen atoms in total. The molecule has 0 aliphatic rings. The van der Waals surface area contributed by atoms with Gasteiger partial charge < -0.3 is 9.88 Å². The van der Waals surface area contributed by atoms with Gasteiger partial charge in [-0.15, -0.1) is 0 Å². The Morgan fingerprint density at radius 3 is 2.52 bits per heavy atom. The first-order valence-corrected chi connectivity index (χ1v) is 10.9. The van der Waals surface area contributed by atoms with Crippen LogP contribution in [0.15, 0.2) is 78.0 Å². The zero-order valence-corrected chi connectivity index (χ0v) is 17.4. The van der Waals surface area contributed by atoms with Crippen molar-refractivity contribution >= 4 is 32.7 Å². The van der Waals surface area contributed by atoms with Crippen LogP contribution in [0.25, 0.3) is 11.0 Å². The molecule has 4 rings (SSSR count). The number of anilines is 1. The number of nitrogens with zero attached hydrogens (tertiary/aromatic N) is 2. The van der Waals surface area contributed by atoms with Gasteiger partial charge in [0, 0.05) is 25.2 Å². The predicted octanol–water partition coefficient (Wildman–Crippen LogP) is 3.44. The molecule has 0 radical (unpaired) electrons. The quantitative estimate of drug-likeness (QED) is 0.482. The summed E-state index contributed by atoms with van der Waals surface area (Å²) in [7, 11) is -2.04. The van der Waals surface area contributed by atoms with Crippen LogP contribution in [0.5, 0.6) is 0 Å². The molecule has 0 unspecified atom stereocenters. The zero-order chi connectivity index (χ0) is 22.0. The van der Waals surface area contributed by atoms with Crippen LogP contribution in [0, 0.1) is 5.82 Å². The van der Waals surface area contributed by atoms with Crippen LogP contribution in [0.4, 0.5) is 10.1 Å². The molecule has 0 saturated carbocycles. The lowest BCUT2D eigenvalue weighted by Crippen LogP contribution is -2.22. The summed E-state index contributed by atoms with van der Waals surface area (Å²) in [5.74, 6) is -0.694. The summed E-state index contributed by atoms with van der Waals surface area (Å²) in [6.07, 6.45) is 3.04. The highest BCUT2D eigenvalue weighted by Crippen LogP contribution is 2.24. The lowest BCUT2D eigenvalue weighted by Gasteiger charge is -2.08. The number of amides is 1. The summed E-state index contributed by atoms with van der Waals surface area (Å²) in [6.45, 7) is 0.225. The van der Waals surface area contributed by atoms with Crippen molar-refractivity contribution in [3.05, 3.63) is 90.0 Å². The third kappa shape index (κ3) is 4.41.